The largest absolute Gasteiger partial charge is 0.396 e. The van der Waals surface area contributed by atoms with Crippen LogP contribution in [-0.4, -0.2) is 11.7 Å². The van der Waals surface area contributed by atoms with Crippen LogP contribution in [0.15, 0.2) is 30.3 Å². The van der Waals surface area contributed by atoms with Crippen molar-refractivity contribution >= 4 is 0 Å². The van der Waals surface area contributed by atoms with Crippen LogP contribution in [0.2, 0.25) is 0 Å². The molecule has 1 aliphatic carbocycles. The average molecular weight is 219 g/mol. The molecule has 1 aromatic carbocycles. The number of hydrogen-bond donors (Lipinski definition) is 2. The van der Waals surface area contributed by atoms with Crippen molar-refractivity contribution in [1.82, 2.24) is 0 Å². The van der Waals surface area contributed by atoms with Crippen molar-refractivity contribution in [3.63, 3.8) is 0 Å². The zero-order valence-corrected chi connectivity index (χ0v) is 9.73. The first-order chi connectivity index (χ1) is 7.78. The van der Waals surface area contributed by atoms with E-state index in [1.807, 2.05) is 18.2 Å². The SMILES string of the molecule is N[C@@H](c1ccccc1)C1(CO)CCCCC1. The highest BCUT2D eigenvalue weighted by Gasteiger charge is 2.37. The Balaban J connectivity index is 2.20. The molecule has 1 atom stereocenters. The average Bonchev–Trinajstić information content (AvgIpc) is 2.39. The van der Waals surface area contributed by atoms with Gasteiger partial charge in [-0.05, 0) is 18.4 Å². The fraction of sp³-hybridized carbons (Fsp3) is 0.571. The molecule has 0 bridgehead atoms. The van der Waals surface area contributed by atoms with Crippen LogP contribution in [0.4, 0.5) is 0 Å². The molecule has 2 nitrogen and oxygen atoms in total. The first-order valence-electron chi connectivity index (χ1n) is 6.20. The maximum absolute atomic E-state index is 9.69. The van der Waals surface area contributed by atoms with Gasteiger partial charge in [0.2, 0.25) is 0 Å². The Labute approximate surface area is 97.5 Å². The summed E-state index contributed by atoms with van der Waals surface area (Å²) in [5.41, 5.74) is 7.42. The van der Waals surface area contributed by atoms with Gasteiger partial charge in [-0.15, -0.1) is 0 Å². The van der Waals surface area contributed by atoms with Gasteiger partial charge in [0.25, 0.3) is 0 Å². The summed E-state index contributed by atoms with van der Waals surface area (Å²) in [5, 5.41) is 9.69. The van der Waals surface area contributed by atoms with E-state index in [9.17, 15) is 5.11 Å². The zero-order chi connectivity index (χ0) is 11.4. The smallest absolute Gasteiger partial charge is 0.0505 e. The van der Waals surface area contributed by atoms with Gasteiger partial charge in [-0.1, -0.05) is 49.6 Å². The van der Waals surface area contributed by atoms with E-state index in [1.54, 1.807) is 0 Å². The van der Waals surface area contributed by atoms with Gasteiger partial charge in [-0.25, -0.2) is 0 Å². The highest BCUT2D eigenvalue weighted by molar-refractivity contribution is 5.21. The summed E-state index contributed by atoms with van der Waals surface area (Å²) in [4.78, 5) is 0. The number of benzene rings is 1. The topological polar surface area (TPSA) is 46.2 Å². The predicted octanol–water partition coefficient (Wildman–Crippen LogP) is 2.63. The Morgan fingerprint density at radius 3 is 2.31 bits per heavy atom. The number of aliphatic hydroxyl groups is 1. The van der Waals surface area contributed by atoms with Crippen molar-refractivity contribution in [3.8, 4) is 0 Å². The minimum Gasteiger partial charge on any atom is -0.396 e. The minimum atomic E-state index is -0.0837. The predicted molar refractivity (Wildman–Crippen MR) is 66.0 cm³/mol. The van der Waals surface area contributed by atoms with Gasteiger partial charge in [-0.2, -0.15) is 0 Å². The minimum absolute atomic E-state index is 0.0287. The van der Waals surface area contributed by atoms with Crippen molar-refractivity contribution in [1.29, 1.82) is 0 Å². The molecule has 0 heterocycles. The third kappa shape index (κ3) is 2.13. The monoisotopic (exact) mass is 219 g/mol. The molecule has 0 amide bonds. The van der Waals surface area contributed by atoms with Crippen LogP contribution < -0.4 is 5.73 Å². The summed E-state index contributed by atoms with van der Waals surface area (Å²) in [5.74, 6) is 0. The normalized spacial score (nSPS) is 21.6. The van der Waals surface area contributed by atoms with Gasteiger partial charge in [0.1, 0.15) is 0 Å². The highest BCUT2D eigenvalue weighted by atomic mass is 16.3. The molecule has 1 aromatic rings. The molecule has 0 radical (unpaired) electrons. The van der Waals surface area contributed by atoms with E-state index >= 15 is 0 Å². The van der Waals surface area contributed by atoms with Crippen molar-refractivity contribution in [2.75, 3.05) is 6.61 Å². The van der Waals surface area contributed by atoms with E-state index in [-0.39, 0.29) is 18.1 Å². The van der Waals surface area contributed by atoms with Gasteiger partial charge in [0.15, 0.2) is 0 Å². The molecule has 0 saturated heterocycles. The summed E-state index contributed by atoms with van der Waals surface area (Å²) in [6.45, 7) is 0.211. The maximum Gasteiger partial charge on any atom is 0.0505 e. The Morgan fingerprint density at radius 1 is 1.12 bits per heavy atom. The van der Waals surface area contributed by atoms with E-state index in [1.165, 1.54) is 19.3 Å². The molecular weight excluding hydrogens is 198 g/mol. The van der Waals surface area contributed by atoms with Crippen LogP contribution in [0.25, 0.3) is 0 Å². The van der Waals surface area contributed by atoms with E-state index < -0.39 is 0 Å². The standard InChI is InChI=1S/C14H21NO/c15-13(12-7-3-1-4-8-12)14(11-16)9-5-2-6-10-14/h1,3-4,7-8,13,16H,2,5-6,9-11,15H2/t13-/m0/s1. The molecule has 2 heteroatoms. The zero-order valence-electron chi connectivity index (χ0n) is 9.73. The molecule has 1 aliphatic rings. The lowest BCUT2D eigenvalue weighted by Gasteiger charge is -2.40. The second-order valence-electron chi connectivity index (χ2n) is 4.97. The quantitative estimate of drug-likeness (QED) is 0.821. The Morgan fingerprint density at radius 2 is 1.75 bits per heavy atom. The first-order valence-corrected chi connectivity index (χ1v) is 6.20. The van der Waals surface area contributed by atoms with Crippen LogP contribution in [-0.2, 0) is 0 Å². The molecule has 0 aromatic heterocycles. The summed E-state index contributed by atoms with van der Waals surface area (Å²) in [6.07, 6.45) is 5.78. The maximum atomic E-state index is 9.69. The number of nitrogens with two attached hydrogens (primary N) is 1. The second kappa shape index (κ2) is 4.98. The van der Waals surface area contributed by atoms with Gasteiger partial charge in [-0.3, -0.25) is 0 Å². The number of rotatable bonds is 3. The Bertz CT molecular complexity index is 317. The van der Waals surface area contributed by atoms with Crippen LogP contribution in [0, 0.1) is 5.41 Å². The summed E-state index contributed by atoms with van der Waals surface area (Å²) < 4.78 is 0. The molecule has 3 N–H and O–H groups in total. The van der Waals surface area contributed by atoms with Crippen molar-refractivity contribution in [2.45, 2.75) is 38.1 Å². The first kappa shape index (κ1) is 11.6. The number of hydrogen-bond acceptors (Lipinski definition) is 2. The molecule has 1 saturated carbocycles. The van der Waals surface area contributed by atoms with E-state index in [0.29, 0.717) is 0 Å². The van der Waals surface area contributed by atoms with Crippen molar-refractivity contribution in [2.24, 2.45) is 11.1 Å². The third-order valence-electron chi connectivity index (χ3n) is 3.98. The molecule has 0 spiro atoms. The van der Waals surface area contributed by atoms with E-state index in [2.05, 4.69) is 12.1 Å². The molecule has 0 aliphatic heterocycles. The third-order valence-corrected chi connectivity index (χ3v) is 3.98. The molecular formula is C14H21NO. The fourth-order valence-electron chi connectivity index (χ4n) is 2.84. The molecule has 1 fully saturated rings. The van der Waals surface area contributed by atoms with Crippen LogP contribution in [0.1, 0.15) is 43.7 Å². The van der Waals surface area contributed by atoms with Gasteiger partial charge >= 0.3 is 0 Å². The second-order valence-corrected chi connectivity index (χ2v) is 4.97. The Kier molecular flexibility index (Phi) is 3.62. The lowest BCUT2D eigenvalue weighted by atomic mass is 9.68. The molecule has 0 unspecified atom stereocenters. The Hall–Kier alpha value is -0.860. The fourth-order valence-corrected chi connectivity index (χ4v) is 2.84. The molecule has 88 valence electrons. The van der Waals surface area contributed by atoms with Crippen LogP contribution in [0.5, 0.6) is 0 Å². The van der Waals surface area contributed by atoms with Gasteiger partial charge in [0, 0.05) is 11.5 Å². The van der Waals surface area contributed by atoms with Crippen molar-refractivity contribution in [3.05, 3.63) is 35.9 Å². The lowest BCUT2D eigenvalue weighted by Crippen LogP contribution is -2.39. The molecule has 2 rings (SSSR count). The van der Waals surface area contributed by atoms with Gasteiger partial charge < -0.3 is 10.8 Å². The molecule has 16 heavy (non-hydrogen) atoms. The van der Waals surface area contributed by atoms with Crippen molar-refractivity contribution < 1.29 is 5.11 Å². The van der Waals surface area contributed by atoms with E-state index in [4.69, 9.17) is 5.73 Å². The van der Waals surface area contributed by atoms with Crippen LogP contribution in [0.3, 0.4) is 0 Å². The van der Waals surface area contributed by atoms with Gasteiger partial charge in [0.05, 0.1) is 6.61 Å². The summed E-state index contributed by atoms with van der Waals surface area (Å²) in [6, 6.07) is 10.1. The highest BCUT2D eigenvalue weighted by Crippen LogP contribution is 2.44. The van der Waals surface area contributed by atoms with E-state index in [0.717, 1.165) is 18.4 Å². The number of aliphatic hydroxyl groups excluding tert-OH is 1. The summed E-state index contributed by atoms with van der Waals surface area (Å²) in [7, 11) is 0. The lowest BCUT2D eigenvalue weighted by molar-refractivity contribution is 0.0557. The summed E-state index contributed by atoms with van der Waals surface area (Å²) >= 11 is 0. The van der Waals surface area contributed by atoms with Crippen LogP contribution >= 0.6 is 0 Å².